The van der Waals surface area contributed by atoms with Crippen LogP contribution in [0.3, 0.4) is 0 Å². The lowest BCUT2D eigenvalue weighted by molar-refractivity contribution is 0.660. The van der Waals surface area contributed by atoms with E-state index in [1.54, 1.807) is 0 Å². The summed E-state index contributed by atoms with van der Waals surface area (Å²) in [6.45, 7) is 4.73. The van der Waals surface area contributed by atoms with Crippen LogP contribution in [0.1, 0.15) is 47.2 Å². The Balaban J connectivity index is 0.957. The molecule has 1 spiro atoms. The summed E-state index contributed by atoms with van der Waals surface area (Å²) in [5.41, 5.74) is 27.0. The first-order valence-corrected chi connectivity index (χ1v) is 25.2. The highest BCUT2D eigenvalue weighted by Gasteiger charge is 2.52. The molecule has 0 saturated heterocycles. The molecule has 72 heavy (non-hydrogen) atoms. The maximum atomic E-state index is 7.23. The SMILES string of the molecule is CC1(C)c2ccccc2-c2ccc(N(c3ccc(-c4ccccc4)cc3)c3cc(-c4ccccc4)cc(-c4cccc5c4oc4ccc6c(c45)-c4ccccc4C64c5ccccc5-c5ccccc54)c3)cc21. The number of fused-ring (bicyclic) bond motifs is 17. The van der Waals surface area contributed by atoms with Crippen molar-refractivity contribution in [3.8, 4) is 66.8 Å². The average Bonchev–Trinajstić information content (AvgIpc) is 4.14. The Morgan fingerprint density at radius 2 is 0.833 bits per heavy atom. The molecule has 12 aromatic rings. The van der Waals surface area contributed by atoms with E-state index in [2.05, 4.69) is 267 Å². The molecule has 2 nitrogen and oxygen atoms in total. The van der Waals surface area contributed by atoms with Crippen molar-refractivity contribution in [2.45, 2.75) is 24.7 Å². The van der Waals surface area contributed by atoms with Crippen molar-refractivity contribution in [2.24, 2.45) is 0 Å². The topological polar surface area (TPSA) is 16.4 Å². The van der Waals surface area contributed by atoms with Gasteiger partial charge < -0.3 is 9.32 Å². The van der Waals surface area contributed by atoms with Crippen molar-refractivity contribution in [1.82, 2.24) is 0 Å². The highest BCUT2D eigenvalue weighted by atomic mass is 16.3. The van der Waals surface area contributed by atoms with Crippen LogP contribution in [-0.4, -0.2) is 0 Å². The van der Waals surface area contributed by atoms with E-state index in [-0.39, 0.29) is 5.41 Å². The minimum absolute atomic E-state index is 0.163. The summed E-state index contributed by atoms with van der Waals surface area (Å²) >= 11 is 0. The van der Waals surface area contributed by atoms with Crippen molar-refractivity contribution < 1.29 is 4.42 Å². The molecule has 1 heterocycles. The molecule has 0 saturated carbocycles. The van der Waals surface area contributed by atoms with Gasteiger partial charge in [-0.25, -0.2) is 0 Å². The number of para-hydroxylation sites is 1. The van der Waals surface area contributed by atoms with E-state index in [0.717, 1.165) is 61.3 Å². The van der Waals surface area contributed by atoms with Gasteiger partial charge >= 0.3 is 0 Å². The smallest absolute Gasteiger partial charge is 0.143 e. The summed E-state index contributed by atoms with van der Waals surface area (Å²) in [6.07, 6.45) is 0. The molecule has 0 unspecified atom stereocenters. The van der Waals surface area contributed by atoms with Crippen molar-refractivity contribution in [1.29, 1.82) is 0 Å². The summed E-state index contributed by atoms with van der Waals surface area (Å²) in [5.74, 6) is 0. The standard InChI is InChI=1S/C70H47NO/c1-69(2)59-28-13-9-22-53(59)56-37-36-50(43-64(56)69)71(49-34-32-46(33-35-49)44-18-5-3-6-19-44)51-41-47(45-20-7-4-8-21-45)40-48(42-51)52-26-17-27-58-67-65(72-68(52)58)39-38-63-66(67)57-25-12-16-31-62(57)70(63)60-29-14-10-23-54(60)55-24-11-15-30-61(55)70/h3-43H,1-2H3. The fourth-order valence-corrected chi connectivity index (χ4v) is 13.1. The van der Waals surface area contributed by atoms with E-state index in [9.17, 15) is 0 Å². The quantitative estimate of drug-likeness (QED) is 0.165. The monoisotopic (exact) mass is 917 g/mol. The predicted octanol–water partition coefficient (Wildman–Crippen LogP) is 18.7. The minimum atomic E-state index is -0.439. The van der Waals surface area contributed by atoms with Gasteiger partial charge in [0.05, 0.1) is 5.41 Å². The van der Waals surface area contributed by atoms with Gasteiger partial charge in [-0.15, -0.1) is 0 Å². The molecule has 0 bridgehead atoms. The summed E-state index contributed by atoms with van der Waals surface area (Å²) in [7, 11) is 0. The molecule has 0 amide bonds. The summed E-state index contributed by atoms with van der Waals surface area (Å²) in [5, 5.41) is 2.28. The van der Waals surface area contributed by atoms with Crippen LogP contribution in [-0.2, 0) is 10.8 Å². The van der Waals surface area contributed by atoms with Gasteiger partial charge in [0.1, 0.15) is 11.2 Å². The van der Waals surface area contributed by atoms with E-state index < -0.39 is 5.41 Å². The maximum Gasteiger partial charge on any atom is 0.143 e. The normalized spacial score (nSPS) is 13.9. The van der Waals surface area contributed by atoms with Crippen molar-refractivity contribution in [3.05, 3.63) is 282 Å². The lowest BCUT2D eigenvalue weighted by Crippen LogP contribution is -2.25. The second kappa shape index (κ2) is 15.3. The number of anilines is 3. The number of benzene rings is 11. The van der Waals surface area contributed by atoms with Gasteiger partial charge in [-0.05, 0) is 143 Å². The lowest BCUT2D eigenvalue weighted by Gasteiger charge is -2.30. The summed E-state index contributed by atoms with van der Waals surface area (Å²) in [4.78, 5) is 2.45. The van der Waals surface area contributed by atoms with Crippen LogP contribution in [0.4, 0.5) is 17.1 Å². The van der Waals surface area contributed by atoms with Gasteiger partial charge in [-0.1, -0.05) is 214 Å². The number of hydrogen-bond donors (Lipinski definition) is 0. The second-order valence-corrected chi connectivity index (χ2v) is 20.3. The molecule has 0 N–H and O–H groups in total. The Morgan fingerprint density at radius 3 is 1.51 bits per heavy atom. The van der Waals surface area contributed by atoms with Crippen LogP contribution in [0.2, 0.25) is 0 Å². The van der Waals surface area contributed by atoms with Gasteiger partial charge in [0.2, 0.25) is 0 Å². The van der Waals surface area contributed by atoms with E-state index in [1.807, 2.05) is 0 Å². The molecular formula is C70H47NO. The van der Waals surface area contributed by atoms with E-state index in [0.29, 0.717) is 0 Å². The Morgan fingerprint density at radius 1 is 0.319 bits per heavy atom. The van der Waals surface area contributed by atoms with Gasteiger partial charge in [-0.3, -0.25) is 0 Å². The van der Waals surface area contributed by atoms with E-state index >= 15 is 0 Å². The fraction of sp³-hybridized carbons (Fsp3) is 0.0571. The molecule has 11 aromatic carbocycles. The zero-order valence-electron chi connectivity index (χ0n) is 40.0. The van der Waals surface area contributed by atoms with Crippen LogP contribution in [0.5, 0.6) is 0 Å². The molecule has 3 aliphatic carbocycles. The highest BCUT2D eigenvalue weighted by Crippen LogP contribution is 2.64. The number of furan rings is 1. The summed E-state index contributed by atoms with van der Waals surface area (Å²) < 4.78 is 7.23. The van der Waals surface area contributed by atoms with Crippen molar-refractivity contribution in [3.63, 3.8) is 0 Å². The first-order valence-electron chi connectivity index (χ1n) is 25.2. The van der Waals surface area contributed by atoms with Crippen LogP contribution < -0.4 is 4.90 Å². The minimum Gasteiger partial charge on any atom is -0.455 e. The Labute approximate surface area is 419 Å². The number of hydrogen-bond acceptors (Lipinski definition) is 2. The highest BCUT2D eigenvalue weighted by molar-refractivity contribution is 6.18. The Bertz CT molecular complexity index is 4130. The molecule has 338 valence electrons. The molecule has 0 atom stereocenters. The first-order chi connectivity index (χ1) is 35.5. The molecule has 0 radical (unpaired) electrons. The third-order valence-electron chi connectivity index (χ3n) is 16.3. The van der Waals surface area contributed by atoms with Crippen LogP contribution in [0.15, 0.2) is 253 Å². The molecule has 3 aliphatic rings. The van der Waals surface area contributed by atoms with Gasteiger partial charge in [0, 0.05) is 38.8 Å². The predicted molar refractivity (Wildman–Crippen MR) is 299 cm³/mol. The molecule has 1 aromatic heterocycles. The lowest BCUT2D eigenvalue weighted by atomic mass is 9.70. The maximum absolute atomic E-state index is 7.23. The molecule has 0 fully saturated rings. The van der Waals surface area contributed by atoms with Gasteiger partial charge in [0.25, 0.3) is 0 Å². The van der Waals surface area contributed by atoms with Crippen LogP contribution in [0.25, 0.3) is 88.7 Å². The largest absolute Gasteiger partial charge is 0.455 e. The fourth-order valence-electron chi connectivity index (χ4n) is 13.1. The van der Waals surface area contributed by atoms with Crippen molar-refractivity contribution >= 4 is 39.0 Å². The molecular weight excluding hydrogens is 871 g/mol. The van der Waals surface area contributed by atoms with Gasteiger partial charge in [-0.2, -0.15) is 0 Å². The van der Waals surface area contributed by atoms with E-state index in [4.69, 9.17) is 4.42 Å². The number of rotatable bonds is 6. The Hall–Kier alpha value is -8.98. The first kappa shape index (κ1) is 40.9. The number of nitrogens with zero attached hydrogens (tertiary/aromatic N) is 1. The Kier molecular flexibility index (Phi) is 8.66. The zero-order valence-corrected chi connectivity index (χ0v) is 40.0. The molecule has 2 heteroatoms. The van der Waals surface area contributed by atoms with E-state index in [1.165, 1.54) is 77.9 Å². The second-order valence-electron chi connectivity index (χ2n) is 20.3. The van der Waals surface area contributed by atoms with Gasteiger partial charge in [0.15, 0.2) is 0 Å². The van der Waals surface area contributed by atoms with Crippen LogP contribution >= 0.6 is 0 Å². The third kappa shape index (κ3) is 5.66. The third-order valence-corrected chi connectivity index (χ3v) is 16.3. The van der Waals surface area contributed by atoms with Crippen molar-refractivity contribution in [2.75, 3.05) is 4.90 Å². The average molecular weight is 918 g/mol. The summed E-state index contributed by atoms with van der Waals surface area (Å²) in [6, 6.07) is 92.0. The zero-order chi connectivity index (χ0) is 47.7. The molecule has 0 aliphatic heterocycles. The van der Waals surface area contributed by atoms with Crippen LogP contribution in [0, 0.1) is 0 Å². The molecule has 15 rings (SSSR count).